The predicted molar refractivity (Wildman–Crippen MR) is 74.6 cm³/mol. The molecule has 3 nitrogen and oxygen atoms in total. The van der Waals surface area contributed by atoms with Crippen LogP contribution in [0.1, 0.15) is 57.8 Å². The normalized spacial score (nSPS) is 39.5. The highest BCUT2D eigenvalue weighted by Gasteiger charge is 2.54. The third kappa shape index (κ3) is 2.67. The fourth-order valence-electron chi connectivity index (χ4n) is 5.19. The van der Waals surface area contributed by atoms with Gasteiger partial charge in [-0.1, -0.05) is 0 Å². The van der Waals surface area contributed by atoms with Gasteiger partial charge in [0, 0.05) is 18.6 Å². The first kappa shape index (κ1) is 13.4. The monoisotopic (exact) mass is 265 g/mol. The number of amides is 1. The molecular weight excluding hydrogens is 238 g/mol. The molecule has 0 aliphatic heterocycles. The van der Waals surface area contributed by atoms with Crippen LogP contribution in [0.25, 0.3) is 0 Å². The second-order valence-electron chi connectivity index (χ2n) is 7.24. The van der Waals surface area contributed by atoms with E-state index in [1.54, 1.807) is 0 Å². The molecule has 4 rings (SSSR count). The first-order valence-corrected chi connectivity index (χ1v) is 8.11. The van der Waals surface area contributed by atoms with Gasteiger partial charge in [0.25, 0.3) is 0 Å². The van der Waals surface area contributed by atoms with Crippen molar-refractivity contribution in [1.29, 1.82) is 0 Å². The number of hydrogen-bond donors (Lipinski definition) is 2. The van der Waals surface area contributed by atoms with Crippen molar-refractivity contribution in [3.05, 3.63) is 0 Å². The zero-order valence-electron chi connectivity index (χ0n) is 11.9. The van der Waals surface area contributed by atoms with Crippen molar-refractivity contribution in [2.45, 2.75) is 57.8 Å². The average molecular weight is 265 g/mol. The predicted octanol–water partition coefficient (Wildman–Crippen LogP) is 2.48. The van der Waals surface area contributed by atoms with Crippen LogP contribution in [-0.2, 0) is 4.79 Å². The van der Waals surface area contributed by atoms with Crippen LogP contribution in [0.3, 0.4) is 0 Å². The van der Waals surface area contributed by atoms with Gasteiger partial charge >= 0.3 is 0 Å². The van der Waals surface area contributed by atoms with Crippen LogP contribution < -0.4 is 5.32 Å². The summed E-state index contributed by atoms with van der Waals surface area (Å²) >= 11 is 0. The van der Waals surface area contributed by atoms with E-state index < -0.39 is 0 Å². The number of carbonyl (C=O) groups is 1. The minimum atomic E-state index is 0.00568. The van der Waals surface area contributed by atoms with Gasteiger partial charge < -0.3 is 10.4 Å². The van der Waals surface area contributed by atoms with Crippen molar-refractivity contribution >= 4 is 5.91 Å². The molecule has 4 aliphatic rings. The largest absolute Gasteiger partial charge is 0.396 e. The Hall–Kier alpha value is -0.570. The molecule has 0 heterocycles. The Morgan fingerprint density at radius 2 is 1.58 bits per heavy atom. The van der Waals surface area contributed by atoms with Crippen molar-refractivity contribution in [2.24, 2.45) is 23.2 Å². The molecule has 108 valence electrons. The first-order chi connectivity index (χ1) is 9.22. The van der Waals surface area contributed by atoms with E-state index in [0.29, 0.717) is 5.91 Å². The molecule has 0 unspecified atom stereocenters. The Labute approximate surface area is 116 Å². The van der Waals surface area contributed by atoms with E-state index in [-0.39, 0.29) is 12.0 Å². The summed E-state index contributed by atoms with van der Waals surface area (Å²) in [6, 6.07) is 0. The summed E-state index contributed by atoms with van der Waals surface area (Å²) in [5, 5.41) is 11.9. The van der Waals surface area contributed by atoms with Crippen molar-refractivity contribution in [3.63, 3.8) is 0 Å². The molecule has 0 spiro atoms. The van der Waals surface area contributed by atoms with Gasteiger partial charge in [-0.15, -0.1) is 0 Å². The molecule has 0 atom stereocenters. The quantitative estimate of drug-likeness (QED) is 0.725. The summed E-state index contributed by atoms with van der Waals surface area (Å²) in [4.78, 5) is 12.6. The summed E-state index contributed by atoms with van der Waals surface area (Å²) in [6.07, 6.45) is 10.5. The molecule has 0 aromatic carbocycles. The number of carbonyl (C=O) groups excluding carboxylic acids is 1. The minimum Gasteiger partial charge on any atom is -0.396 e. The molecule has 0 aromatic rings. The molecule has 4 aliphatic carbocycles. The fourth-order valence-corrected chi connectivity index (χ4v) is 5.19. The van der Waals surface area contributed by atoms with Crippen molar-refractivity contribution < 1.29 is 9.90 Å². The second kappa shape index (κ2) is 5.43. The lowest BCUT2D eigenvalue weighted by molar-refractivity contribution is -0.146. The highest BCUT2D eigenvalue weighted by atomic mass is 16.2. The Balaban J connectivity index is 1.52. The number of aliphatic hydroxyl groups excluding tert-OH is 1. The zero-order valence-corrected chi connectivity index (χ0v) is 11.9. The third-order valence-electron chi connectivity index (χ3n) is 5.64. The van der Waals surface area contributed by atoms with Crippen LogP contribution in [0.15, 0.2) is 0 Å². The van der Waals surface area contributed by atoms with Crippen LogP contribution in [0, 0.1) is 23.2 Å². The number of nitrogens with one attached hydrogen (secondary N) is 1. The lowest BCUT2D eigenvalue weighted by Crippen LogP contribution is -2.53. The standard InChI is InChI=1S/C16H27NO2/c18-5-3-1-2-4-17-15(19)16-9-12-6-13(10-16)8-14(7-12)11-16/h12-14,18H,1-11H2,(H,17,19). The number of unbranched alkanes of at least 4 members (excludes halogenated alkanes) is 2. The summed E-state index contributed by atoms with van der Waals surface area (Å²) in [7, 11) is 0. The van der Waals surface area contributed by atoms with Crippen LogP contribution in [0.4, 0.5) is 0 Å². The van der Waals surface area contributed by atoms with Crippen LogP contribution in [-0.4, -0.2) is 24.2 Å². The number of hydrogen-bond acceptors (Lipinski definition) is 2. The smallest absolute Gasteiger partial charge is 0.226 e. The Morgan fingerprint density at radius 1 is 1.00 bits per heavy atom. The maximum atomic E-state index is 12.6. The van der Waals surface area contributed by atoms with E-state index in [1.807, 2.05) is 0 Å². The Morgan fingerprint density at radius 3 is 2.11 bits per heavy atom. The fraction of sp³-hybridized carbons (Fsp3) is 0.938. The topological polar surface area (TPSA) is 49.3 Å². The van der Waals surface area contributed by atoms with E-state index in [4.69, 9.17) is 5.11 Å². The molecular formula is C16H27NO2. The summed E-state index contributed by atoms with van der Waals surface area (Å²) < 4.78 is 0. The van der Waals surface area contributed by atoms with Crippen molar-refractivity contribution in [2.75, 3.05) is 13.2 Å². The molecule has 19 heavy (non-hydrogen) atoms. The van der Waals surface area contributed by atoms with E-state index in [0.717, 1.165) is 62.8 Å². The van der Waals surface area contributed by atoms with E-state index in [1.165, 1.54) is 19.3 Å². The summed E-state index contributed by atoms with van der Waals surface area (Å²) in [5.74, 6) is 2.86. The highest BCUT2D eigenvalue weighted by molar-refractivity contribution is 5.83. The zero-order chi connectivity index (χ0) is 13.3. The number of rotatable bonds is 6. The molecule has 4 fully saturated rings. The van der Waals surface area contributed by atoms with Gasteiger partial charge in [-0.2, -0.15) is 0 Å². The van der Waals surface area contributed by atoms with E-state index in [2.05, 4.69) is 5.32 Å². The molecule has 2 N–H and O–H groups in total. The lowest BCUT2D eigenvalue weighted by atomic mass is 9.49. The van der Waals surface area contributed by atoms with Crippen LogP contribution >= 0.6 is 0 Å². The van der Waals surface area contributed by atoms with Crippen molar-refractivity contribution in [3.8, 4) is 0 Å². The molecule has 4 saturated carbocycles. The average Bonchev–Trinajstić information content (AvgIpc) is 2.36. The molecule has 0 aromatic heterocycles. The van der Waals surface area contributed by atoms with Gasteiger partial charge in [0.15, 0.2) is 0 Å². The number of aliphatic hydroxyl groups is 1. The Kier molecular flexibility index (Phi) is 3.84. The molecule has 3 heteroatoms. The maximum absolute atomic E-state index is 12.6. The van der Waals surface area contributed by atoms with E-state index >= 15 is 0 Å². The highest BCUT2D eigenvalue weighted by Crippen LogP contribution is 2.60. The van der Waals surface area contributed by atoms with Crippen molar-refractivity contribution in [1.82, 2.24) is 5.32 Å². The first-order valence-electron chi connectivity index (χ1n) is 8.11. The SMILES string of the molecule is O=C(NCCCCCO)C12CC3CC(CC(C3)C1)C2. The maximum Gasteiger partial charge on any atom is 0.226 e. The molecule has 0 radical (unpaired) electrons. The third-order valence-corrected chi connectivity index (χ3v) is 5.64. The van der Waals surface area contributed by atoms with Crippen LogP contribution in [0.5, 0.6) is 0 Å². The van der Waals surface area contributed by atoms with Gasteiger partial charge in [0.1, 0.15) is 0 Å². The molecule has 4 bridgehead atoms. The Bertz CT molecular complexity index is 304. The summed E-state index contributed by atoms with van der Waals surface area (Å²) in [6.45, 7) is 1.06. The van der Waals surface area contributed by atoms with Crippen LogP contribution in [0.2, 0.25) is 0 Å². The molecule has 0 saturated heterocycles. The lowest BCUT2D eigenvalue weighted by Gasteiger charge is -2.55. The van der Waals surface area contributed by atoms with Gasteiger partial charge in [-0.05, 0) is 75.5 Å². The van der Waals surface area contributed by atoms with Gasteiger partial charge in [0.2, 0.25) is 5.91 Å². The van der Waals surface area contributed by atoms with Gasteiger partial charge in [-0.25, -0.2) is 0 Å². The molecule has 1 amide bonds. The summed E-state index contributed by atoms with van der Waals surface area (Å²) in [5.41, 5.74) is 0.00568. The van der Waals surface area contributed by atoms with Gasteiger partial charge in [0.05, 0.1) is 0 Å². The second-order valence-corrected chi connectivity index (χ2v) is 7.24. The minimum absolute atomic E-state index is 0.00568. The van der Waals surface area contributed by atoms with Gasteiger partial charge in [-0.3, -0.25) is 4.79 Å². The van der Waals surface area contributed by atoms with E-state index in [9.17, 15) is 4.79 Å².